The van der Waals surface area contributed by atoms with E-state index in [-0.39, 0.29) is 4.90 Å². The lowest BCUT2D eigenvalue weighted by atomic mass is 10.1. The standard InChI is InChI=1S/C15H16N2O7S/c1-9-17-13(8-24-9)10-2-4-12(5-3-10)25(22,23)16-7-11(15(20)21)6-14(18)19/h2-5,8,11,16H,6-7H2,1H3,(H,18,19)(H,20,21). The fraction of sp³-hybridized carbons (Fsp3) is 0.267. The first-order valence-corrected chi connectivity index (χ1v) is 8.64. The molecule has 1 aromatic carbocycles. The number of aromatic nitrogens is 1. The number of hydrogen-bond donors (Lipinski definition) is 3. The van der Waals surface area contributed by atoms with Crippen molar-refractivity contribution < 1.29 is 32.6 Å². The highest BCUT2D eigenvalue weighted by atomic mass is 32.2. The Balaban J connectivity index is 2.11. The molecule has 0 aliphatic heterocycles. The summed E-state index contributed by atoms with van der Waals surface area (Å²) in [6.07, 6.45) is 0.767. The van der Waals surface area contributed by atoms with Crippen molar-refractivity contribution in [3.63, 3.8) is 0 Å². The SMILES string of the molecule is Cc1nc(-c2ccc(S(=O)(=O)NCC(CC(=O)O)C(=O)O)cc2)co1. The summed E-state index contributed by atoms with van der Waals surface area (Å²) in [5, 5.41) is 17.6. The van der Waals surface area contributed by atoms with Gasteiger partial charge in [0.2, 0.25) is 10.0 Å². The van der Waals surface area contributed by atoms with Gasteiger partial charge >= 0.3 is 11.9 Å². The Hall–Kier alpha value is -2.72. The molecule has 0 amide bonds. The summed E-state index contributed by atoms with van der Waals surface area (Å²) in [6, 6.07) is 5.76. The summed E-state index contributed by atoms with van der Waals surface area (Å²) in [4.78, 5) is 25.7. The van der Waals surface area contributed by atoms with Crippen LogP contribution < -0.4 is 4.72 Å². The molecule has 9 nitrogen and oxygen atoms in total. The molecule has 1 heterocycles. The maximum Gasteiger partial charge on any atom is 0.308 e. The maximum absolute atomic E-state index is 12.2. The van der Waals surface area contributed by atoms with Crippen molar-refractivity contribution >= 4 is 22.0 Å². The van der Waals surface area contributed by atoms with Gasteiger partial charge in [0.1, 0.15) is 12.0 Å². The molecule has 1 atom stereocenters. The molecular weight excluding hydrogens is 352 g/mol. The van der Waals surface area contributed by atoms with Crippen LogP contribution in [0.3, 0.4) is 0 Å². The van der Waals surface area contributed by atoms with Gasteiger partial charge in [0.15, 0.2) is 5.89 Å². The van der Waals surface area contributed by atoms with Gasteiger partial charge in [-0.15, -0.1) is 0 Å². The number of hydrogen-bond acceptors (Lipinski definition) is 6. The van der Waals surface area contributed by atoms with Crippen molar-refractivity contribution in [2.45, 2.75) is 18.2 Å². The van der Waals surface area contributed by atoms with Gasteiger partial charge in [-0.25, -0.2) is 18.1 Å². The highest BCUT2D eigenvalue weighted by molar-refractivity contribution is 7.89. The van der Waals surface area contributed by atoms with Crippen molar-refractivity contribution in [2.24, 2.45) is 5.92 Å². The number of oxazole rings is 1. The second kappa shape index (κ2) is 7.45. The number of carboxylic acid groups (broad SMARTS) is 2. The van der Waals surface area contributed by atoms with E-state index >= 15 is 0 Å². The molecule has 2 aromatic rings. The largest absolute Gasteiger partial charge is 0.481 e. The summed E-state index contributed by atoms with van der Waals surface area (Å²) in [5.74, 6) is -3.59. The fourth-order valence-corrected chi connectivity index (χ4v) is 3.13. The van der Waals surface area contributed by atoms with Crippen LogP contribution in [0.1, 0.15) is 12.3 Å². The summed E-state index contributed by atoms with van der Waals surface area (Å²) < 4.78 is 31.6. The van der Waals surface area contributed by atoms with Crippen molar-refractivity contribution in [1.82, 2.24) is 9.71 Å². The number of rotatable bonds is 8. The van der Waals surface area contributed by atoms with Gasteiger partial charge in [0, 0.05) is 19.0 Å². The summed E-state index contributed by atoms with van der Waals surface area (Å²) >= 11 is 0. The molecule has 0 bridgehead atoms. The lowest BCUT2D eigenvalue weighted by Crippen LogP contribution is -2.34. The van der Waals surface area contributed by atoms with Gasteiger partial charge in [-0.05, 0) is 12.1 Å². The quantitative estimate of drug-likeness (QED) is 0.627. The van der Waals surface area contributed by atoms with Crippen LogP contribution in [0.15, 0.2) is 39.8 Å². The zero-order valence-electron chi connectivity index (χ0n) is 13.2. The lowest BCUT2D eigenvalue weighted by molar-refractivity contribution is -0.147. The van der Waals surface area contributed by atoms with Crippen molar-refractivity contribution in [1.29, 1.82) is 0 Å². The van der Waals surface area contributed by atoms with E-state index in [1.54, 1.807) is 6.92 Å². The van der Waals surface area contributed by atoms with E-state index in [0.29, 0.717) is 17.1 Å². The van der Waals surface area contributed by atoms with Crippen LogP contribution in [0.25, 0.3) is 11.3 Å². The molecule has 0 fully saturated rings. The van der Waals surface area contributed by atoms with Gasteiger partial charge in [0.05, 0.1) is 17.2 Å². The van der Waals surface area contributed by atoms with Crippen LogP contribution in [-0.2, 0) is 19.6 Å². The number of benzene rings is 1. The third kappa shape index (κ3) is 4.88. The van der Waals surface area contributed by atoms with Crippen molar-refractivity contribution in [3.8, 4) is 11.3 Å². The van der Waals surface area contributed by atoms with Gasteiger partial charge in [-0.3, -0.25) is 9.59 Å². The molecule has 1 unspecified atom stereocenters. The minimum atomic E-state index is -3.97. The van der Waals surface area contributed by atoms with E-state index in [0.717, 1.165) is 0 Å². The number of carbonyl (C=O) groups is 2. The molecule has 10 heteroatoms. The predicted octanol–water partition coefficient (Wildman–Crippen LogP) is 1.10. The van der Waals surface area contributed by atoms with Gasteiger partial charge in [-0.2, -0.15) is 0 Å². The molecule has 0 radical (unpaired) electrons. The zero-order valence-corrected chi connectivity index (χ0v) is 14.0. The van der Waals surface area contributed by atoms with E-state index in [1.807, 2.05) is 0 Å². The summed E-state index contributed by atoms with van der Waals surface area (Å²) in [5.41, 5.74) is 1.21. The smallest absolute Gasteiger partial charge is 0.308 e. The third-order valence-corrected chi connectivity index (χ3v) is 4.81. The molecule has 0 aliphatic rings. The Bertz CT molecular complexity index is 872. The molecule has 0 saturated heterocycles. The number of sulfonamides is 1. The molecule has 2 rings (SSSR count). The van der Waals surface area contributed by atoms with Crippen LogP contribution in [0.4, 0.5) is 0 Å². The van der Waals surface area contributed by atoms with Crippen LogP contribution in [-0.4, -0.2) is 42.1 Å². The highest BCUT2D eigenvalue weighted by Crippen LogP contribution is 2.20. The first-order valence-electron chi connectivity index (χ1n) is 7.16. The summed E-state index contributed by atoms with van der Waals surface area (Å²) in [7, 11) is -3.97. The topological polar surface area (TPSA) is 147 Å². The van der Waals surface area contributed by atoms with Gasteiger partial charge in [-0.1, -0.05) is 12.1 Å². The number of nitrogens with zero attached hydrogens (tertiary/aromatic N) is 1. The minimum absolute atomic E-state index is 0.0732. The molecule has 25 heavy (non-hydrogen) atoms. The monoisotopic (exact) mass is 368 g/mol. The number of nitrogens with one attached hydrogen (secondary N) is 1. The van der Waals surface area contributed by atoms with E-state index in [4.69, 9.17) is 14.6 Å². The normalized spacial score (nSPS) is 12.7. The molecule has 134 valence electrons. The first kappa shape index (κ1) is 18.6. The van der Waals surface area contributed by atoms with Crippen LogP contribution in [0.5, 0.6) is 0 Å². The number of aryl methyl sites for hydroxylation is 1. The summed E-state index contributed by atoms with van der Waals surface area (Å²) in [6.45, 7) is 1.16. The molecule has 0 saturated carbocycles. The molecule has 1 aromatic heterocycles. The minimum Gasteiger partial charge on any atom is -0.481 e. The average molecular weight is 368 g/mol. The van der Waals surface area contributed by atoms with E-state index in [2.05, 4.69) is 9.71 Å². The maximum atomic E-state index is 12.2. The van der Waals surface area contributed by atoms with Crippen LogP contribution in [0, 0.1) is 12.8 Å². The zero-order chi connectivity index (χ0) is 18.6. The number of carboxylic acids is 2. The lowest BCUT2D eigenvalue weighted by Gasteiger charge is -2.12. The second-order valence-electron chi connectivity index (χ2n) is 5.26. The number of aliphatic carboxylic acids is 2. The van der Waals surface area contributed by atoms with Crippen LogP contribution in [0.2, 0.25) is 0 Å². The van der Waals surface area contributed by atoms with E-state index < -0.39 is 40.8 Å². The predicted molar refractivity (Wildman–Crippen MR) is 85.2 cm³/mol. The van der Waals surface area contributed by atoms with E-state index in [1.165, 1.54) is 30.5 Å². The van der Waals surface area contributed by atoms with Gasteiger partial charge in [0.25, 0.3) is 0 Å². The third-order valence-electron chi connectivity index (χ3n) is 3.37. The molecule has 0 spiro atoms. The highest BCUT2D eigenvalue weighted by Gasteiger charge is 2.24. The van der Waals surface area contributed by atoms with Crippen molar-refractivity contribution in [2.75, 3.05) is 6.54 Å². The Morgan fingerprint density at radius 2 is 1.88 bits per heavy atom. The van der Waals surface area contributed by atoms with Gasteiger partial charge < -0.3 is 14.6 Å². The van der Waals surface area contributed by atoms with E-state index in [9.17, 15) is 18.0 Å². The first-order chi connectivity index (χ1) is 11.7. The molecule has 0 aliphatic carbocycles. The Morgan fingerprint density at radius 3 is 2.36 bits per heavy atom. The van der Waals surface area contributed by atoms with Crippen molar-refractivity contribution in [3.05, 3.63) is 36.4 Å². The second-order valence-corrected chi connectivity index (χ2v) is 7.03. The van der Waals surface area contributed by atoms with Crippen LogP contribution >= 0.6 is 0 Å². The molecular formula is C15H16N2O7S. The Labute approximate surface area is 143 Å². The molecule has 3 N–H and O–H groups in total. The fourth-order valence-electron chi connectivity index (χ4n) is 2.05. The Kier molecular flexibility index (Phi) is 5.55. The Morgan fingerprint density at radius 1 is 1.24 bits per heavy atom. The average Bonchev–Trinajstić information content (AvgIpc) is 2.97.